The number of nitrogens with one attached hydrogen (secondary N) is 5. The molecule has 17 heteroatoms. The van der Waals surface area contributed by atoms with E-state index >= 15 is 0 Å². The number of carbonyl (C=O) groups excluding carboxylic acids is 4. The lowest BCUT2D eigenvalue weighted by molar-refractivity contribution is 0.0943. The van der Waals surface area contributed by atoms with Crippen LogP contribution < -0.4 is 26.2 Å². The fourth-order valence-electron chi connectivity index (χ4n) is 5.39. The Kier molecular flexibility index (Phi) is 13.4. The molecule has 14 nitrogen and oxygen atoms in total. The van der Waals surface area contributed by atoms with Crippen LogP contribution in [0.5, 0.6) is 0 Å². The number of imidazole rings is 1. The third kappa shape index (κ3) is 9.75. The van der Waals surface area contributed by atoms with E-state index in [1.807, 2.05) is 17.0 Å². The molecule has 0 atom stereocenters. The summed E-state index contributed by atoms with van der Waals surface area (Å²) in [5, 5.41) is 11.3. The molecule has 0 fully saturated rings. The molecule has 51 heavy (non-hydrogen) atoms. The minimum atomic E-state index is -0.431. The van der Waals surface area contributed by atoms with Crippen LogP contribution in [0.4, 0.5) is 22.7 Å². The predicted molar refractivity (Wildman–Crippen MR) is 202 cm³/mol. The predicted octanol–water partition coefficient (Wildman–Crippen LogP) is 4.86. The molecule has 0 saturated heterocycles. The quantitative estimate of drug-likeness (QED) is 0.0959. The van der Waals surface area contributed by atoms with Gasteiger partial charge in [0.25, 0.3) is 23.6 Å². The Labute approximate surface area is 310 Å². The van der Waals surface area contributed by atoms with E-state index in [1.165, 1.54) is 0 Å². The third-order valence-corrected chi connectivity index (χ3v) is 8.23. The monoisotopic (exact) mass is 756 g/mol. The lowest BCUT2D eigenvalue weighted by atomic mass is 10.1. The maximum atomic E-state index is 13.2. The lowest BCUT2D eigenvalue weighted by Crippen LogP contribution is -2.27. The van der Waals surface area contributed by atoms with Crippen LogP contribution in [0.15, 0.2) is 73.4 Å². The van der Waals surface area contributed by atoms with Gasteiger partial charge in [0, 0.05) is 101 Å². The average molecular weight is 758 g/mol. The Hall–Kier alpha value is -5.18. The summed E-state index contributed by atoms with van der Waals surface area (Å²) >= 11 is 11.8. The molecule has 5 rings (SSSR count). The Morgan fingerprint density at radius 3 is 1.65 bits per heavy atom. The van der Waals surface area contributed by atoms with Crippen LogP contribution in [-0.2, 0) is 27.6 Å². The number of aromatic nitrogens is 5. The number of halogens is 3. The number of nitrogens with zero attached hydrogens (tertiary/aromatic N) is 5. The second-order valence-electron chi connectivity index (χ2n) is 11.5. The largest absolute Gasteiger partial charge is 0.369 e. The Morgan fingerprint density at radius 2 is 1.20 bits per heavy atom. The van der Waals surface area contributed by atoms with Gasteiger partial charge in [-0.05, 0) is 42.5 Å². The van der Waals surface area contributed by atoms with E-state index in [1.54, 1.807) is 96.2 Å². The number of aryl methyl sites for hydroxylation is 3. The van der Waals surface area contributed by atoms with Gasteiger partial charge in [-0.1, -0.05) is 0 Å². The van der Waals surface area contributed by atoms with Crippen molar-refractivity contribution in [3.63, 3.8) is 0 Å². The van der Waals surface area contributed by atoms with Gasteiger partial charge in [0.05, 0.1) is 17.1 Å². The number of hydrogen-bond donors (Lipinski definition) is 5. The SMILES string of the molecule is Cl.Cn1cc(NC(=O)c2cc(NC(=O)c3cc(NC(=O)c4ccc(N(CCCl)CCCl)cc4)cn3C)cn2C)cc1C(=O)NCCc1ncc[nH]1. The molecule has 0 aliphatic rings. The van der Waals surface area contributed by atoms with Crippen molar-refractivity contribution in [2.45, 2.75) is 6.42 Å². The standard InChI is InChI=1S/C34H38Cl2N10O4.ClH/c1-43-20-24(16-27(43)32(48)39-11-8-30-37-12-13-38-30)41-34(50)29-18-25(21-45(29)3)42-33(49)28-17-23(19-44(28)2)40-31(47)22-4-6-26(7-5-22)46(14-9-35)15-10-36;/h4-7,12-13,16-21H,8-11,14-15H2,1-3H3,(H,37,38)(H,39,48)(H,40,47)(H,41,50)(H,42,49);1H. The number of aromatic amines is 1. The second-order valence-corrected chi connectivity index (χ2v) is 12.2. The molecule has 0 saturated carbocycles. The first kappa shape index (κ1) is 38.6. The number of H-pyrrole nitrogens is 1. The second kappa shape index (κ2) is 17.7. The molecular weight excluding hydrogens is 719 g/mol. The van der Waals surface area contributed by atoms with Crippen molar-refractivity contribution >= 4 is 82.0 Å². The van der Waals surface area contributed by atoms with E-state index in [2.05, 4.69) is 31.2 Å². The van der Waals surface area contributed by atoms with E-state index < -0.39 is 11.8 Å². The summed E-state index contributed by atoms with van der Waals surface area (Å²) in [4.78, 5) is 61.2. The van der Waals surface area contributed by atoms with Gasteiger partial charge < -0.3 is 44.9 Å². The van der Waals surface area contributed by atoms with Crippen molar-refractivity contribution < 1.29 is 19.2 Å². The number of hydrogen-bond acceptors (Lipinski definition) is 6. The zero-order valence-corrected chi connectivity index (χ0v) is 30.5. The summed E-state index contributed by atoms with van der Waals surface area (Å²) in [5.41, 5.74) is 3.60. The first-order valence-corrected chi connectivity index (χ1v) is 16.8. The summed E-state index contributed by atoms with van der Waals surface area (Å²) in [6.07, 6.45) is 8.83. The van der Waals surface area contributed by atoms with E-state index in [0.29, 0.717) is 71.8 Å². The number of carbonyl (C=O) groups is 4. The van der Waals surface area contributed by atoms with E-state index in [0.717, 1.165) is 11.5 Å². The molecule has 0 aliphatic carbocycles. The van der Waals surface area contributed by atoms with Crippen LogP contribution in [0.25, 0.3) is 0 Å². The molecule has 0 spiro atoms. The van der Waals surface area contributed by atoms with Gasteiger partial charge in [-0.25, -0.2) is 4.98 Å². The van der Waals surface area contributed by atoms with Crippen LogP contribution in [-0.4, -0.2) is 78.7 Å². The first-order chi connectivity index (χ1) is 24.1. The Balaban J connectivity index is 0.00000583. The highest BCUT2D eigenvalue weighted by molar-refractivity contribution is 6.18. The fourth-order valence-corrected chi connectivity index (χ4v) is 5.79. The Bertz CT molecular complexity index is 1960. The van der Waals surface area contributed by atoms with Crippen LogP contribution in [0.2, 0.25) is 0 Å². The molecule has 4 aromatic heterocycles. The van der Waals surface area contributed by atoms with Gasteiger partial charge in [0.2, 0.25) is 0 Å². The molecule has 1 aromatic carbocycles. The number of benzene rings is 1. The van der Waals surface area contributed by atoms with Gasteiger partial charge in [0.15, 0.2) is 0 Å². The van der Waals surface area contributed by atoms with Gasteiger partial charge in [-0.15, -0.1) is 35.6 Å². The summed E-state index contributed by atoms with van der Waals surface area (Å²) in [7, 11) is 5.09. The normalized spacial score (nSPS) is 10.7. The smallest absolute Gasteiger partial charge is 0.272 e. The first-order valence-electron chi connectivity index (χ1n) is 15.7. The molecular formula is C34H39Cl3N10O4. The summed E-state index contributed by atoms with van der Waals surface area (Å²) < 4.78 is 4.81. The number of alkyl halides is 2. The van der Waals surface area contributed by atoms with Crippen LogP contribution in [0.1, 0.15) is 47.6 Å². The van der Waals surface area contributed by atoms with Crippen LogP contribution in [0.3, 0.4) is 0 Å². The molecule has 0 bridgehead atoms. The number of rotatable bonds is 15. The maximum Gasteiger partial charge on any atom is 0.272 e. The average Bonchev–Trinajstić information content (AvgIpc) is 3.89. The maximum absolute atomic E-state index is 13.2. The fraction of sp³-hybridized carbons (Fsp3) is 0.265. The molecule has 0 aliphatic heterocycles. The van der Waals surface area contributed by atoms with Gasteiger partial charge in [0.1, 0.15) is 22.9 Å². The number of amides is 4. The minimum absolute atomic E-state index is 0. The molecule has 0 radical (unpaired) electrons. The topological polar surface area (TPSA) is 163 Å². The van der Waals surface area contributed by atoms with E-state index in [9.17, 15) is 19.2 Å². The zero-order valence-electron chi connectivity index (χ0n) is 28.2. The van der Waals surface area contributed by atoms with Crippen LogP contribution in [0, 0.1) is 0 Å². The highest BCUT2D eigenvalue weighted by Gasteiger charge is 2.19. The lowest BCUT2D eigenvalue weighted by Gasteiger charge is -2.22. The van der Waals surface area contributed by atoms with Gasteiger partial charge in [-0.2, -0.15) is 0 Å². The van der Waals surface area contributed by atoms with E-state index in [4.69, 9.17) is 23.2 Å². The molecule has 4 amide bonds. The van der Waals surface area contributed by atoms with Crippen molar-refractivity contribution in [3.05, 3.63) is 102 Å². The Morgan fingerprint density at radius 1 is 0.725 bits per heavy atom. The highest BCUT2D eigenvalue weighted by Crippen LogP contribution is 2.21. The molecule has 0 unspecified atom stereocenters. The zero-order chi connectivity index (χ0) is 35.8. The van der Waals surface area contributed by atoms with Gasteiger partial charge in [-0.3, -0.25) is 19.2 Å². The highest BCUT2D eigenvalue weighted by atomic mass is 35.5. The molecule has 4 heterocycles. The van der Waals surface area contributed by atoms with Crippen LogP contribution >= 0.6 is 35.6 Å². The summed E-state index contributed by atoms with van der Waals surface area (Å²) in [6.45, 7) is 1.67. The van der Waals surface area contributed by atoms with Crippen molar-refractivity contribution in [2.75, 3.05) is 52.2 Å². The summed E-state index contributed by atoms with van der Waals surface area (Å²) in [5.74, 6) is 0.214. The minimum Gasteiger partial charge on any atom is -0.369 e. The molecule has 270 valence electrons. The summed E-state index contributed by atoms with van der Waals surface area (Å²) in [6, 6.07) is 11.8. The van der Waals surface area contributed by atoms with Gasteiger partial charge >= 0.3 is 0 Å². The number of anilines is 4. The van der Waals surface area contributed by atoms with Crippen molar-refractivity contribution in [3.8, 4) is 0 Å². The van der Waals surface area contributed by atoms with Crippen molar-refractivity contribution in [1.82, 2.24) is 29.0 Å². The van der Waals surface area contributed by atoms with Crippen molar-refractivity contribution in [2.24, 2.45) is 21.1 Å². The van der Waals surface area contributed by atoms with Crippen molar-refractivity contribution in [1.29, 1.82) is 0 Å². The van der Waals surface area contributed by atoms with E-state index in [-0.39, 0.29) is 29.9 Å². The molecule has 5 aromatic rings. The molecule has 5 N–H and O–H groups in total. The third-order valence-electron chi connectivity index (χ3n) is 7.89.